The molecular formula is C22H32N4Pt. The Morgan fingerprint density at radius 2 is 0.963 bits per heavy atom. The summed E-state index contributed by atoms with van der Waals surface area (Å²) in [5.41, 5.74) is 1.94. The number of unbranched alkanes of at least 4 members (excludes halogenated alkanes) is 9. The van der Waals surface area contributed by atoms with E-state index >= 15 is 0 Å². The number of hydrogen-bond acceptors (Lipinski definition) is 2. The molecule has 0 fully saturated rings. The fraction of sp³-hybridized carbons (Fsp3) is 0.545. The number of aromatic nitrogens is 2. The minimum atomic E-state index is 0. The molecule has 2 aromatic heterocycles. The van der Waals surface area contributed by atoms with E-state index in [1.54, 1.807) is 12.4 Å². The van der Waals surface area contributed by atoms with Crippen LogP contribution in [0, 0.1) is 0 Å². The van der Waals surface area contributed by atoms with Gasteiger partial charge in [0.15, 0.2) is 0 Å². The molecule has 0 aromatic carbocycles. The first kappa shape index (κ1) is 23.6. The molecule has 0 saturated carbocycles. The maximum Gasteiger partial charge on any atom is 2.00 e. The molecule has 0 unspecified atom stereocenters. The normalized spacial score (nSPS) is 11.4. The first-order valence-corrected chi connectivity index (χ1v) is 10.1. The topological polar surface area (TPSA) is 52.9 Å². The van der Waals surface area contributed by atoms with Crippen molar-refractivity contribution < 1.29 is 21.1 Å². The van der Waals surface area contributed by atoms with E-state index in [0.29, 0.717) is 0 Å². The van der Waals surface area contributed by atoms with Gasteiger partial charge in [-0.25, -0.2) is 0 Å². The van der Waals surface area contributed by atoms with Crippen LogP contribution in [-0.4, -0.2) is 25.5 Å². The molecule has 150 valence electrons. The smallest absolute Gasteiger partial charge is 0.663 e. The van der Waals surface area contributed by atoms with Gasteiger partial charge in [-0.1, -0.05) is 75.6 Å². The maximum absolute atomic E-state index is 4.42. The molecule has 5 heteroatoms. The first-order valence-electron chi connectivity index (χ1n) is 10.1. The van der Waals surface area contributed by atoms with Gasteiger partial charge in [0.1, 0.15) is 0 Å². The van der Waals surface area contributed by atoms with Crippen molar-refractivity contribution in [3.63, 3.8) is 0 Å². The zero-order valence-electron chi connectivity index (χ0n) is 16.2. The fourth-order valence-electron chi connectivity index (χ4n) is 2.92. The molecule has 0 spiro atoms. The van der Waals surface area contributed by atoms with Gasteiger partial charge in [-0.15, -0.1) is 11.4 Å². The first-order chi connectivity index (χ1) is 12.9. The van der Waals surface area contributed by atoms with Gasteiger partial charge in [-0.05, 0) is 12.8 Å². The van der Waals surface area contributed by atoms with Gasteiger partial charge >= 0.3 is 21.1 Å². The van der Waals surface area contributed by atoms with Gasteiger partial charge in [-0.2, -0.15) is 12.4 Å². The molecular weight excluding hydrogens is 515 g/mol. The molecule has 0 radical (unpaired) electrons. The van der Waals surface area contributed by atoms with E-state index in [4.69, 9.17) is 0 Å². The predicted octanol–water partition coefficient (Wildman–Crippen LogP) is 5.04. The predicted molar refractivity (Wildman–Crippen MR) is 111 cm³/mol. The molecule has 0 atom stereocenters. The SMILES string of the molecule is C(=NCCCCCCCCCCCCN=Cc1ccc[n-]1)c1ccc[n-]1.[Pt+2]. The summed E-state index contributed by atoms with van der Waals surface area (Å²) in [7, 11) is 0. The second-order valence-electron chi connectivity index (χ2n) is 6.73. The summed E-state index contributed by atoms with van der Waals surface area (Å²) in [5, 5.41) is 0. The van der Waals surface area contributed by atoms with Gasteiger partial charge in [0.2, 0.25) is 0 Å². The second kappa shape index (κ2) is 16.7. The monoisotopic (exact) mass is 547 g/mol. The van der Waals surface area contributed by atoms with Crippen molar-refractivity contribution in [1.29, 1.82) is 0 Å². The van der Waals surface area contributed by atoms with E-state index in [0.717, 1.165) is 24.5 Å². The van der Waals surface area contributed by atoms with Crippen molar-refractivity contribution >= 4 is 12.4 Å². The molecule has 0 N–H and O–H groups in total. The van der Waals surface area contributed by atoms with Crippen LogP contribution in [0.15, 0.2) is 46.6 Å². The largest absolute Gasteiger partial charge is 2.00 e. The van der Waals surface area contributed by atoms with Crippen LogP contribution in [0.3, 0.4) is 0 Å². The maximum atomic E-state index is 4.42. The minimum absolute atomic E-state index is 0. The van der Waals surface area contributed by atoms with Crippen molar-refractivity contribution in [2.45, 2.75) is 64.2 Å². The Hall–Kier alpha value is -1.41. The Labute approximate surface area is 178 Å². The molecule has 0 aliphatic heterocycles. The fourth-order valence-corrected chi connectivity index (χ4v) is 2.92. The van der Waals surface area contributed by atoms with Crippen molar-refractivity contribution in [3.8, 4) is 0 Å². The average Bonchev–Trinajstić information content (AvgIpc) is 3.35. The van der Waals surface area contributed by atoms with Gasteiger partial charge in [0.25, 0.3) is 0 Å². The quantitative estimate of drug-likeness (QED) is 0.232. The molecule has 0 bridgehead atoms. The third-order valence-corrected chi connectivity index (χ3v) is 4.42. The standard InChI is InChI=1S/C22H32N4.Pt/c1(3-5-7-9-15-23-19-21-13-11-17-25-21)2-4-6-8-10-16-24-20-22-14-12-18-26-22;/h11-14,17-20H,1-10,15-16H2;/q-2;+2. The Bertz CT molecular complexity index is 534. The van der Waals surface area contributed by atoms with Gasteiger partial charge in [0, 0.05) is 25.5 Å². The summed E-state index contributed by atoms with van der Waals surface area (Å²) in [6.45, 7) is 1.86. The van der Waals surface area contributed by atoms with E-state index in [2.05, 4.69) is 20.0 Å². The minimum Gasteiger partial charge on any atom is -0.663 e. The van der Waals surface area contributed by atoms with Gasteiger partial charge < -0.3 is 9.97 Å². The van der Waals surface area contributed by atoms with Crippen LogP contribution in [-0.2, 0) is 21.1 Å². The van der Waals surface area contributed by atoms with Crippen LogP contribution < -0.4 is 9.97 Å². The zero-order chi connectivity index (χ0) is 18.1. The van der Waals surface area contributed by atoms with Crippen molar-refractivity contribution in [3.05, 3.63) is 48.0 Å². The van der Waals surface area contributed by atoms with Crippen LogP contribution in [0.4, 0.5) is 0 Å². The van der Waals surface area contributed by atoms with Gasteiger partial charge in [-0.3, -0.25) is 9.98 Å². The van der Waals surface area contributed by atoms with Crippen LogP contribution in [0.25, 0.3) is 0 Å². The number of rotatable bonds is 15. The summed E-state index contributed by atoms with van der Waals surface area (Å²) < 4.78 is 0. The molecule has 4 nitrogen and oxygen atoms in total. The van der Waals surface area contributed by atoms with Crippen LogP contribution in [0.2, 0.25) is 0 Å². The van der Waals surface area contributed by atoms with Crippen molar-refractivity contribution in [1.82, 2.24) is 9.97 Å². The number of aliphatic imine (C=N–C) groups is 2. The van der Waals surface area contributed by atoms with Crippen molar-refractivity contribution in [2.75, 3.05) is 13.1 Å². The second-order valence-corrected chi connectivity index (χ2v) is 6.73. The third-order valence-electron chi connectivity index (χ3n) is 4.42. The Balaban J connectivity index is 0.00000364. The molecule has 0 aliphatic rings. The Kier molecular flexibility index (Phi) is 14.6. The van der Waals surface area contributed by atoms with E-state index in [1.165, 1.54) is 64.2 Å². The van der Waals surface area contributed by atoms with Crippen LogP contribution >= 0.6 is 0 Å². The zero-order valence-corrected chi connectivity index (χ0v) is 18.5. The molecule has 0 saturated heterocycles. The van der Waals surface area contributed by atoms with E-state index in [9.17, 15) is 0 Å². The number of hydrogen-bond donors (Lipinski definition) is 0. The van der Waals surface area contributed by atoms with E-state index in [-0.39, 0.29) is 21.1 Å². The molecule has 0 amide bonds. The van der Waals surface area contributed by atoms with Crippen molar-refractivity contribution in [2.24, 2.45) is 9.98 Å². The number of nitrogens with zero attached hydrogens (tertiary/aromatic N) is 4. The Morgan fingerprint density at radius 3 is 1.30 bits per heavy atom. The summed E-state index contributed by atoms with van der Waals surface area (Å²) in [4.78, 5) is 17.2. The van der Waals surface area contributed by atoms with Crippen LogP contribution in [0.5, 0.6) is 0 Å². The Morgan fingerprint density at radius 1 is 0.593 bits per heavy atom. The summed E-state index contributed by atoms with van der Waals surface area (Å²) in [5.74, 6) is 0. The average molecular weight is 548 g/mol. The van der Waals surface area contributed by atoms with Gasteiger partial charge in [0.05, 0.1) is 0 Å². The summed E-state index contributed by atoms with van der Waals surface area (Å²) in [6.07, 6.45) is 20.5. The summed E-state index contributed by atoms with van der Waals surface area (Å²) in [6, 6.07) is 7.86. The molecule has 0 aliphatic carbocycles. The molecule has 2 rings (SSSR count). The molecule has 2 heterocycles. The molecule has 2 aromatic rings. The third kappa shape index (κ3) is 12.6. The van der Waals surface area contributed by atoms with E-state index in [1.807, 2.05) is 36.7 Å². The van der Waals surface area contributed by atoms with Crippen LogP contribution in [0.1, 0.15) is 75.6 Å². The van der Waals surface area contributed by atoms with E-state index < -0.39 is 0 Å². The molecule has 27 heavy (non-hydrogen) atoms. The summed E-state index contributed by atoms with van der Waals surface area (Å²) >= 11 is 0.